The van der Waals surface area contributed by atoms with Gasteiger partial charge in [-0.15, -0.1) is 0 Å². The fourth-order valence-corrected chi connectivity index (χ4v) is 3.89. The van der Waals surface area contributed by atoms with E-state index < -0.39 is 6.09 Å². The quantitative estimate of drug-likeness (QED) is 0.382. The number of H-pyrrole nitrogens is 2. The van der Waals surface area contributed by atoms with Crippen molar-refractivity contribution in [3.63, 3.8) is 0 Å². The number of nitrogens with one attached hydrogen (secondary N) is 2. The van der Waals surface area contributed by atoms with E-state index in [1.54, 1.807) is 13.2 Å². The van der Waals surface area contributed by atoms with Gasteiger partial charge in [-0.2, -0.15) is 10.1 Å². The lowest BCUT2D eigenvalue weighted by molar-refractivity contribution is 0.207. The highest BCUT2D eigenvalue weighted by molar-refractivity contribution is 5.85. The van der Waals surface area contributed by atoms with Crippen molar-refractivity contribution in [2.24, 2.45) is 5.73 Å². The molecule has 4 N–H and O–H groups in total. The summed E-state index contributed by atoms with van der Waals surface area (Å²) in [7, 11) is 1.62. The van der Waals surface area contributed by atoms with E-state index in [0.29, 0.717) is 22.8 Å². The smallest absolute Gasteiger partial charge is 0.412 e. The molecule has 5 aromatic rings. The van der Waals surface area contributed by atoms with Crippen LogP contribution in [0, 0.1) is 0 Å². The molecule has 2 heterocycles. The molecule has 0 saturated heterocycles. The number of ether oxygens (including phenoxy) is 2. The molecular formula is C24H19N5O4. The number of imidazole rings is 1. The number of amides is 1. The van der Waals surface area contributed by atoms with Crippen LogP contribution < -0.4 is 20.8 Å². The minimum Gasteiger partial charge on any atom is -0.496 e. The number of hydrogen-bond acceptors (Lipinski definition) is 6. The molecule has 0 spiro atoms. The van der Waals surface area contributed by atoms with E-state index in [9.17, 15) is 9.59 Å². The van der Waals surface area contributed by atoms with Crippen LogP contribution >= 0.6 is 0 Å². The zero-order valence-electron chi connectivity index (χ0n) is 17.6. The Morgan fingerprint density at radius 2 is 1.79 bits per heavy atom. The van der Waals surface area contributed by atoms with Crippen LogP contribution in [0.1, 0.15) is 11.3 Å². The van der Waals surface area contributed by atoms with Crippen molar-refractivity contribution in [1.29, 1.82) is 0 Å². The number of carbonyl (C=O) groups excluding carboxylic acids is 1. The van der Waals surface area contributed by atoms with Gasteiger partial charge in [0.2, 0.25) is 0 Å². The first-order valence-electron chi connectivity index (χ1n) is 10.1. The monoisotopic (exact) mass is 441 g/mol. The first-order chi connectivity index (χ1) is 16.0. The number of nitrogens with zero attached hydrogens (tertiary/aromatic N) is 2. The van der Waals surface area contributed by atoms with Crippen molar-refractivity contribution in [1.82, 2.24) is 20.2 Å². The van der Waals surface area contributed by atoms with Gasteiger partial charge in [-0.25, -0.2) is 9.89 Å². The summed E-state index contributed by atoms with van der Waals surface area (Å²) in [6.07, 6.45) is -0.463. The van der Waals surface area contributed by atoms with Crippen LogP contribution in [-0.4, -0.2) is 33.4 Å². The van der Waals surface area contributed by atoms with E-state index in [-0.39, 0.29) is 11.6 Å². The van der Waals surface area contributed by atoms with E-state index >= 15 is 0 Å². The summed E-state index contributed by atoms with van der Waals surface area (Å²) in [5.41, 5.74) is 9.74. The Balaban J connectivity index is 1.55. The topological polar surface area (TPSA) is 136 Å². The lowest BCUT2D eigenvalue weighted by Crippen LogP contribution is -2.16. The average molecular weight is 441 g/mol. The maximum atomic E-state index is 12.1. The van der Waals surface area contributed by atoms with E-state index in [1.807, 2.05) is 54.6 Å². The highest BCUT2D eigenvalue weighted by Gasteiger charge is 2.13. The van der Waals surface area contributed by atoms with E-state index in [4.69, 9.17) is 15.2 Å². The van der Waals surface area contributed by atoms with Crippen molar-refractivity contribution in [2.45, 2.75) is 6.42 Å². The lowest BCUT2D eigenvalue weighted by Gasteiger charge is -2.12. The maximum Gasteiger partial charge on any atom is 0.412 e. The number of nitrogens with two attached hydrogens (primary N) is 1. The molecule has 1 amide bonds. The number of fused-ring (bicyclic) bond motifs is 2. The Bertz CT molecular complexity index is 1570. The van der Waals surface area contributed by atoms with Gasteiger partial charge in [0.15, 0.2) is 0 Å². The first-order valence-corrected chi connectivity index (χ1v) is 10.1. The third-order valence-corrected chi connectivity index (χ3v) is 5.40. The van der Waals surface area contributed by atoms with Gasteiger partial charge in [-0.05, 0) is 41.5 Å². The Hall–Kier alpha value is -4.66. The number of rotatable bonds is 5. The van der Waals surface area contributed by atoms with Gasteiger partial charge in [0.05, 0.1) is 29.2 Å². The van der Waals surface area contributed by atoms with Crippen LogP contribution in [0.2, 0.25) is 0 Å². The van der Waals surface area contributed by atoms with Crippen LogP contribution in [0.3, 0.4) is 0 Å². The van der Waals surface area contributed by atoms with E-state index in [1.165, 1.54) is 0 Å². The van der Waals surface area contributed by atoms with Gasteiger partial charge >= 0.3 is 12.1 Å². The van der Waals surface area contributed by atoms with E-state index in [2.05, 4.69) is 20.2 Å². The molecule has 3 aromatic carbocycles. The standard InChI is InChI=1S/C24H19N5O4/c1-32-21-9-7-13(14-6-8-18-20(11-14)27-24(26-18)33-23(25)31)10-15(21)12-19-16-4-2-3-5-17(16)22(30)29-28-19/h2-11H,12H2,1H3,(H2,25,31)(H,26,27)(H,29,30). The normalized spacial score (nSPS) is 11.1. The minimum atomic E-state index is -0.933. The molecule has 33 heavy (non-hydrogen) atoms. The van der Waals surface area contributed by atoms with Crippen LogP contribution in [-0.2, 0) is 6.42 Å². The van der Waals surface area contributed by atoms with Crippen molar-refractivity contribution < 1.29 is 14.3 Å². The van der Waals surface area contributed by atoms with Gasteiger partial charge in [-0.3, -0.25) is 4.79 Å². The summed E-state index contributed by atoms with van der Waals surface area (Å²) in [6.45, 7) is 0. The number of carbonyl (C=O) groups is 1. The molecule has 0 radical (unpaired) electrons. The molecule has 0 unspecified atom stereocenters. The average Bonchev–Trinajstić information content (AvgIpc) is 3.21. The molecule has 0 bridgehead atoms. The van der Waals surface area contributed by atoms with Crippen molar-refractivity contribution >= 4 is 27.9 Å². The molecule has 9 heteroatoms. The fourth-order valence-electron chi connectivity index (χ4n) is 3.89. The third-order valence-electron chi connectivity index (χ3n) is 5.40. The largest absolute Gasteiger partial charge is 0.496 e. The summed E-state index contributed by atoms with van der Waals surface area (Å²) in [4.78, 5) is 30.2. The molecule has 0 fully saturated rings. The Kier molecular flexibility index (Phi) is 4.98. The van der Waals surface area contributed by atoms with Crippen molar-refractivity contribution in [3.05, 3.63) is 82.3 Å². The van der Waals surface area contributed by atoms with E-state index in [0.717, 1.165) is 33.5 Å². The molecule has 0 aliphatic heterocycles. The minimum absolute atomic E-state index is 0.0427. The Labute approximate surface area is 187 Å². The summed E-state index contributed by atoms with van der Waals surface area (Å²) in [5.74, 6) is 0.718. The van der Waals surface area contributed by atoms with Crippen molar-refractivity contribution in [3.8, 4) is 22.9 Å². The molecule has 9 nitrogen and oxygen atoms in total. The van der Waals surface area contributed by atoms with Gasteiger partial charge in [-0.1, -0.05) is 30.3 Å². The van der Waals surface area contributed by atoms with Crippen LogP contribution in [0.25, 0.3) is 32.9 Å². The Morgan fingerprint density at radius 3 is 2.58 bits per heavy atom. The van der Waals surface area contributed by atoms with Crippen LogP contribution in [0.15, 0.2) is 65.5 Å². The molecule has 5 rings (SSSR count). The highest BCUT2D eigenvalue weighted by Crippen LogP contribution is 2.31. The number of hydrogen-bond donors (Lipinski definition) is 3. The number of primary amides is 1. The van der Waals surface area contributed by atoms with Gasteiger partial charge in [0.1, 0.15) is 5.75 Å². The second-order valence-corrected chi connectivity index (χ2v) is 7.44. The zero-order valence-corrected chi connectivity index (χ0v) is 17.6. The predicted octanol–water partition coefficient (Wildman–Crippen LogP) is 3.52. The fraction of sp³-hybridized carbons (Fsp3) is 0.0833. The molecule has 2 aromatic heterocycles. The summed E-state index contributed by atoms with van der Waals surface area (Å²) < 4.78 is 10.4. The predicted molar refractivity (Wildman–Crippen MR) is 123 cm³/mol. The van der Waals surface area contributed by atoms with Gasteiger partial charge < -0.3 is 20.2 Å². The van der Waals surface area contributed by atoms with Crippen LogP contribution in [0.4, 0.5) is 4.79 Å². The molecular weight excluding hydrogens is 422 g/mol. The van der Waals surface area contributed by atoms with Gasteiger partial charge in [0.25, 0.3) is 5.56 Å². The second kappa shape index (κ2) is 8.12. The Morgan fingerprint density at radius 1 is 1.03 bits per heavy atom. The summed E-state index contributed by atoms with van der Waals surface area (Å²) >= 11 is 0. The first kappa shape index (κ1) is 20.3. The molecule has 0 atom stereocenters. The summed E-state index contributed by atoms with van der Waals surface area (Å²) in [6, 6.07) is 19.0. The third kappa shape index (κ3) is 3.87. The SMILES string of the molecule is COc1ccc(-c2ccc3nc(OC(N)=O)[nH]c3c2)cc1Cc1n[nH]c(=O)c2ccccc12. The number of aromatic nitrogens is 4. The number of aromatic amines is 2. The highest BCUT2D eigenvalue weighted by atomic mass is 16.6. The molecule has 0 aliphatic carbocycles. The number of benzene rings is 3. The number of methoxy groups -OCH3 is 1. The van der Waals surface area contributed by atoms with Crippen LogP contribution in [0.5, 0.6) is 11.8 Å². The molecule has 0 saturated carbocycles. The maximum absolute atomic E-state index is 12.1. The van der Waals surface area contributed by atoms with Gasteiger partial charge in [0, 0.05) is 17.4 Å². The molecule has 164 valence electrons. The second-order valence-electron chi connectivity index (χ2n) is 7.44. The summed E-state index contributed by atoms with van der Waals surface area (Å²) in [5, 5.41) is 8.26. The molecule has 0 aliphatic rings. The zero-order chi connectivity index (χ0) is 22.9. The lowest BCUT2D eigenvalue weighted by atomic mass is 9.98. The van der Waals surface area contributed by atoms with Crippen molar-refractivity contribution in [2.75, 3.05) is 7.11 Å².